The molecule has 2 heterocycles. The first-order valence-corrected chi connectivity index (χ1v) is 11.3. The van der Waals surface area contributed by atoms with Crippen molar-refractivity contribution in [2.45, 2.75) is 19.9 Å². The van der Waals surface area contributed by atoms with Crippen LogP contribution in [0.4, 0.5) is 5.13 Å². The molecule has 2 aromatic carbocycles. The van der Waals surface area contributed by atoms with Crippen LogP contribution in [0.5, 0.6) is 0 Å². The zero-order chi connectivity index (χ0) is 23.7. The van der Waals surface area contributed by atoms with Crippen molar-refractivity contribution in [3.63, 3.8) is 0 Å². The molecule has 1 aliphatic heterocycles. The zero-order valence-electron chi connectivity index (χ0n) is 17.7. The number of aliphatic hydroxyl groups is 1. The van der Waals surface area contributed by atoms with Gasteiger partial charge in [-0.1, -0.05) is 65.4 Å². The molecule has 1 fully saturated rings. The van der Waals surface area contributed by atoms with Crippen LogP contribution in [0.25, 0.3) is 5.76 Å². The van der Waals surface area contributed by atoms with Crippen LogP contribution in [-0.2, 0) is 14.3 Å². The average molecular weight is 483 g/mol. The summed E-state index contributed by atoms with van der Waals surface area (Å²) in [4.78, 5) is 44.4. The van der Waals surface area contributed by atoms with E-state index in [4.69, 9.17) is 16.3 Å². The number of Topliss-reactive ketones (excluding diaryl/α,β-unsaturated/α-hetero) is 1. The number of hydrogen-bond acceptors (Lipinski definition) is 7. The Morgan fingerprint density at radius 2 is 1.82 bits per heavy atom. The lowest BCUT2D eigenvalue weighted by Gasteiger charge is -2.23. The molecule has 0 bridgehead atoms. The SMILES string of the molecule is CCOC(=O)c1sc(N2C(=O)C(=O)C(=C(O)c3ccccc3)[C@H]2c2ccc(Cl)cc2)nc1C. The van der Waals surface area contributed by atoms with E-state index in [1.165, 1.54) is 4.90 Å². The molecule has 7 nitrogen and oxygen atoms in total. The molecule has 1 saturated heterocycles. The molecule has 1 aromatic heterocycles. The van der Waals surface area contributed by atoms with Gasteiger partial charge in [-0.15, -0.1) is 0 Å². The highest BCUT2D eigenvalue weighted by molar-refractivity contribution is 7.17. The van der Waals surface area contributed by atoms with Gasteiger partial charge in [0.25, 0.3) is 5.78 Å². The van der Waals surface area contributed by atoms with Crippen molar-refractivity contribution in [3.8, 4) is 0 Å². The molecular weight excluding hydrogens is 464 g/mol. The van der Waals surface area contributed by atoms with Crippen molar-refractivity contribution < 1.29 is 24.2 Å². The van der Waals surface area contributed by atoms with Crippen LogP contribution in [-0.4, -0.2) is 34.4 Å². The lowest BCUT2D eigenvalue weighted by atomic mass is 9.95. The zero-order valence-corrected chi connectivity index (χ0v) is 19.3. The molecule has 4 rings (SSSR count). The Labute approximate surface area is 198 Å². The quantitative estimate of drug-likeness (QED) is 0.240. The highest BCUT2D eigenvalue weighted by Gasteiger charge is 2.48. The van der Waals surface area contributed by atoms with Crippen molar-refractivity contribution in [3.05, 3.63) is 86.9 Å². The van der Waals surface area contributed by atoms with E-state index in [2.05, 4.69) is 4.98 Å². The smallest absolute Gasteiger partial charge is 0.350 e. The highest BCUT2D eigenvalue weighted by Crippen LogP contribution is 2.44. The first-order valence-electron chi connectivity index (χ1n) is 10.1. The molecule has 1 aliphatic rings. The van der Waals surface area contributed by atoms with Gasteiger partial charge in [-0.25, -0.2) is 9.78 Å². The number of esters is 1. The number of anilines is 1. The van der Waals surface area contributed by atoms with E-state index in [-0.39, 0.29) is 27.9 Å². The monoisotopic (exact) mass is 482 g/mol. The standard InChI is InChI=1S/C24H19ClN2O5S/c1-3-32-23(31)21-13(2)26-24(33-21)27-18(14-9-11-16(25)12-10-14)17(20(29)22(27)30)19(28)15-7-5-4-6-8-15/h4-12,18,28H,3H2,1-2H3/t18-/m1/s1. The van der Waals surface area contributed by atoms with Gasteiger partial charge in [-0.2, -0.15) is 0 Å². The number of ether oxygens (including phenoxy) is 1. The Morgan fingerprint density at radius 1 is 1.15 bits per heavy atom. The maximum atomic E-state index is 13.2. The number of benzene rings is 2. The minimum atomic E-state index is -0.955. The predicted octanol–water partition coefficient (Wildman–Crippen LogP) is 4.91. The third-order valence-electron chi connectivity index (χ3n) is 5.13. The lowest BCUT2D eigenvalue weighted by molar-refractivity contribution is -0.132. The van der Waals surface area contributed by atoms with Gasteiger partial charge in [0, 0.05) is 10.6 Å². The van der Waals surface area contributed by atoms with Crippen LogP contribution in [0.2, 0.25) is 5.02 Å². The van der Waals surface area contributed by atoms with Gasteiger partial charge in [0.2, 0.25) is 0 Å². The number of carbonyl (C=O) groups excluding carboxylic acids is 3. The minimum absolute atomic E-state index is 0.0703. The number of aromatic nitrogens is 1. The number of aliphatic hydroxyl groups excluding tert-OH is 1. The molecule has 1 atom stereocenters. The lowest BCUT2D eigenvalue weighted by Crippen LogP contribution is -2.29. The third kappa shape index (κ3) is 4.15. The molecule has 0 unspecified atom stereocenters. The summed E-state index contributed by atoms with van der Waals surface area (Å²) < 4.78 is 5.07. The van der Waals surface area contributed by atoms with E-state index in [0.717, 1.165) is 11.3 Å². The number of aryl methyl sites for hydroxylation is 1. The number of halogens is 1. The molecule has 0 aliphatic carbocycles. The van der Waals surface area contributed by atoms with Crippen molar-refractivity contribution >= 4 is 51.5 Å². The second-order valence-corrected chi connectivity index (χ2v) is 8.63. The minimum Gasteiger partial charge on any atom is -0.507 e. The van der Waals surface area contributed by atoms with Gasteiger partial charge in [-0.05, 0) is 31.5 Å². The van der Waals surface area contributed by atoms with Gasteiger partial charge in [0.05, 0.1) is 23.9 Å². The number of rotatable bonds is 5. The highest BCUT2D eigenvalue weighted by atomic mass is 35.5. The normalized spacial score (nSPS) is 17.4. The molecule has 1 amide bonds. The number of thiazole rings is 1. The Balaban J connectivity index is 1.90. The fourth-order valence-electron chi connectivity index (χ4n) is 3.61. The Morgan fingerprint density at radius 3 is 2.45 bits per heavy atom. The van der Waals surface area contributed by atoms with Gasteiger partial charge >= 0.3 is 11.9 Å². The molecule has 0 spiro atoms. The van der Waals surface area contributed by atoms with Gasteiger partial charge < -0.3 is 9.84 Å². The van der Waals surface area contributed by atoms with E-state index in [0.29, 0.717) is 21.8 Å². The number of ketones is 1. The molecule has 0 saturated carbocycles. The summed E-state index contributed by atoms with van der Waals surface area (Å²) >= 11 is 7.00. The molecule has 33 heavy (non-hydrogen) atoms. The van der Waals surface area contributed by atoms with Crippen LogP contribution in [0.1, 0.15) is 39.5 Å². The molecule has 9 heteroatoms. The molecule has 168 valence electrons. The first kappa shape index (κ1) is 22.7. The van der Waals surface area contributed by atoms with Crippen LogP contribution in [0, 0.1) is 6.92 Å². The number of hydrogen-bond donors (Lipinski definition) is 1. The summed E-state index contributed by atoms with van der Waals surface area (Å²) in [6.45, 7) is 3.51. The summed E-state index contributed by atoms with van der Waals surface area (Å²) in [6, 6.07) is 14.2. The molecular formula is C24H19ClN2O5S. The summed E-state index contributed by atoms with van der Waals surface area (Å²) in [5.41, 5.74) is 1.27. The van der Waals surface area contributed by atoms with Crippen molar-refractivity contribution in [1.82, 2.24) is 4.98 Å². The van der Waals surface area contributed by atoms with Crippen molar-refractivity contribution in [1.29, 1.82) is 0 Å². The predicted molar refractivity (Wildman–Crippen MR) is 125 cm³/mol. The second-order valence-electron chi connectivity index (χ2n) is 7.22. The fourth-order valence-corrected chi connectivity index (χ4v) is 4.73. The third-order valence-corrected chi connectivity index (χ3v) is 6.52. The maximum absolute atomic E-state index is 13.2. The molecule has 1 N–H and O–H groups in total. The van der Waals surface area contributed by atoms with E-state index < -0.39 is 23.7 Å². The van der Waals surface area contributed by atoms with E-state index >= 15 is 0 Å². The van der Waals surface area contributed by atoms with Crippen LogP contribution < -0.4 is 4.90 Å². The van der Waals surface area contributed by atoms with Crippen LogP contribution in [0.3, 0.4) is 0 Å². The van der Waals surface area contributed by atoms with Crippen molar-refractivity contribution in [2.24, 2.45) is 0 Å². The van der Waals surface area contributed by atoms with Gasteiger partial charge in [0.15, 0.2) is 5.13 Å². The molecule has 3 aromatic rings. The largest absolute Gasteiger partial charge is 0.507 e. The Hall–Kier alpha value is -3.49. The van der Waals surface area contributed by atoms with Crippen LogP contribution in [0.15, 0.2) is 60.2 Å². The summed E-state index contributed by atoms with van der Waals surface area (Å²) in [6.07, 6.45) is 0. The van der Waals surface area contributed by atoms with Crippen LogP contribution >= 0.6 is 22.9 Å². The number of carbonyl (C=O) groups is 3. The number of nitrogens with zero attached hydrogens (tertiary/aromatic N) is 2. The van der Waals surface area contributed by atoms with E-state index in [1.807, 2.05) is 0 Å². The molecule has 0 radical (unpaired) electrons. The van der Waals surface area contributed by atoms with Gasteiger partial charge in [0.1, 0.15) is 10.6 Å². The second kappa shape index (κ2) is 9.17. The summed E-state index contributed by atoms with van der Waals surface area (Å²) in [5, 5.41) is 11.7. The first-order chi connectivity index (χ1) is 15.8. The van der Waals surface area contributed by atoms with E-state index in [9.17, 15) is 19.5 Å². The summed E-state index contributed by atoms with van der Waals surface area (Å²) in [7, 11) is 0. The van der Waals surface area contributed by atoms with E-state index in [1.54, 1.807) is 68.4 Å². The maximum Gasteiger partial charge on any atom is 0.350 e. The van der Waals surface area contributed by atoms with Crippen molar-refractivity contribution in [2.75, 3.05) is 11.5 Å². The Kier molecular flexibility index (Phi) is 6.31. The fraction of sp³-hybridized carbons (Fsp3) is 0.167. The average Bonchev–Trinajstić information content (AvgIpc) is 3.32. The summed E-state index contributed by atoms with van der Waals surface area (Å²) in [5.74, 6) is -2.55. The Bertz CT molecular complexity index is 1270. The number of amides is 1. The van der Waals surface area contributed by atoms with Gasteiger partial charge in [-0.3, -0.25) is 14.5 Å². The topological polar surface area (TPSA) is 96.8 Å².